The Bertz CT molecular complexity index is 1140. The molecular weight excluding hydrogens is 412 g/mol. The average Bonchev–Trinajstić information content (AvgIpc) is 2.76. The molecule has 6 nitrogen and oxygen atoms in total. The number of sulfonamides is 1. The number of hydrogen-bond acceptors (Lipinski definition) is 5. The van der Waals surface area contributed by atoms with Crippen LogP contribution in [0.15, 0.2) is 77.7 Å². The molecule has 1 atom stereocenters. The summed E-state index contributed by atoms with van der Waals surface area (Å²) < 4.78 is 33.4. The molecule has 0 saturated carbocycles. The number of benzene rings is 3. The van der Waals surface area contributed by atoms with Crippen molar-refractivity contribution in [2.24, 2.45) is 0 Å². The molecule has 0 aliphatic heterocycles. The number of aryl methyl sites for hydroxylation is 2. The van der Waals surface area contributed by atoms with Crippen LogP contribution >= 0.6 is 0 Å². The molecule has 3 aromatic carbocycles. The van der Waals surface area contributed by atoms with Crippen LogP contribution in [0.1, 0.15) is 28.3 Å². The number of nitrogens with one attached hydrogen (secondary N) is 2. The molecule has 162 valence electrons. The van der Waals surface area contributed by atoms with E-state index in [9.17, 15) is 13.2 Å². The highest BCUT2D eigenvalue weighted by molar-refractivity contribution is 7.92. The van der Waals surface area contributed by atoms with Crippen molar-refractivity contribution in [2.75, 3.05) is 18.4 Å². The van der Waals surface area contributed by atoms with Gasteiger partial charge in [-0.2, -0.15) is 0 Å². The van der Waals surface area contributed by atoms with Crippen LogP contribution in [0.2, 0.25) is 0 Å². The summed E-state index contributed by atoms with van der Waals surface area (Å²) in [5.41, 5.74) is 4.11. The van der Waals surface area contributed by atoms with Crippen LogP contribution in [-0.4, -0.2) is 28.0 Å². The van der Waals surface area contributed by atoms with E-state index in [0.29, 0.717) is 11.3 Å². The summed E-state index contributed by atoms with van der Waals surface area (Å²) in [5, 5.41) is 3.19. The van der Waals surface area contributed by atoms with Crippen LogP contribution < -0.4 is 10.0 Å². The third kappa shape index (κ3) is 5.71. The first kappa shape index (κ1) is 22.5. The summed E-state index contributed by atoms with van der Waals surface area (Å²) in [7, 11) is -2.45. The molecule has 0 aromatic heterocycles. The number of carbonyl (C=O) groups excluding carboxylic acids is 1. The summed E-state index contributed by atoms with van der Waals surface area (Å²) in [6.45, 7) is 3.87. The van der Waals surface area contributed by atoms with Crippen molar-refractivity contribution in [3.63, 3.8) is 0 Å². The van der Waals surface area contributed by atoms with Crippen molar-refractivity contribution in [1.82, 2.24) is 5.32 Å². The van der Waals surface area contributed by atoms with Crippen LogP contribution in [0.4, 0.5) is 5.69 Å². The van der Waals surface area contributed by atoms with E-state index in [0.717, 1.165) is 16.7 Å². The summed E-state index contributed by atoms with van der Waals surface area (Å²) in [5.74, 6) is -0.408. The first-order valence-electron chi connectivity index (χ1n) is 9.85. The summed E-state index contributed by atoms with van der Waals surface area (Å²) in [6.07, 6.45) is 0. The minimum atomic E-state index is -3.78. The topological polar surface area (TPSA) is 84.5 Å². The Morgan fingerprint density at radius 3 is 2.10 bits per heavy atom. The van der Waals surface area contributed by atoms with E-state index in [-0.39, 0.29) is 11.4 Å². The van der Waals surface area contributed by atoms with E-state index in [1.165, 1.54) is 7.11 Å². The molecule has 7 heteroatoms. The van der Waals surface area contributed by atoms with Gasteiger partial charge in [-0.25, -0.2) is 8.42 Å². The average molecular weight is 439 g/mol. The fourth-order valence-electron chi connectivity index (χ4n) is 3.19. The second-order valence-corrected chi connectivity index (χ2v) is 8.99. The second-order valence-electron chi connectivity index (χ2n) is 7.31. The van der Waals surface area contributed by atoms with Gasteiger partial charge in [0.05, 0.1) is 30.3 Å². The summed E-state index contributed by atoms with van der Waals surface area (Å²) in [4.78, 5) is 11.9. The van der Waals surface area contributed by atoms with Gasteiger partial charge < -0.3 is 4.74 Å². The maximum Gasteiger partial charge on any atom is 0.319 e. The first-order chi connectivity index (χ1) is 14.8. The maximum absolute atomic E-state index is 13.0. The molecule has 0 amide bonds. The van der Waals surface area contributed by atoms with Gasteiger partial charge in [-0.1, -0.05) is 65.7 Å². The lowest BCUT2D eigenvalue weighted by atomic mass is 9.96. The van der Waals surface area contributed by atoms with Crippen molar-refractivity contribution in [2.45, 2.75) is 24.8 Å². The van der Waals surface area contributed by atoms with E-state index in [1.54, 1.807) is 36.4 Å². The van der Waals surface area contributed by atoms with E-state index in [2.05, 4.69) is 10.0 Å². The predicted octanol–water partition coefficient (Wildman–Crippen LogP) is 3.96. The van der Waals surface area contributed by atoms with Gasteiger partial charge in [0.1, 0.15) is 0 Å². The molecule has 0 radical (unpaired) electrons. The van der Waals surface area contributed by atoms with Crippen molar-refractivity contribution in [1.29, 1.82) is 0 Å². The van der Waals surface area contributed by atoms with Crippen LogP contribution in [-0.2, 0) is 19.6 Å². The van der Waals surface area contributed by atoms with Crippen LogP contribution in [0.25, 0.3) is 0 Å². The number of methoxy groups -OCH3 is 1. The first-order valence-corrected chi connectivity index (χ1v) is 11.3. The zero-order chi connectivity index (χ0) is 22.4. The Morgan fingerprint density at radius 1 is 0.903 bits per heavy atom. The van der Waals surface area contributed by atoms with Crippen molar-refractivity contribution < 1.29 is 17.9 Å². The lowest BCUT2D eigenvalue weighted by Gasteiger charge is -2.23. The van der Waals surface area contributed by atoms with Crippen LogP contribution in [0.5, 0.6) is 0 Å². The molecule has 0 aliphatic carbocycles. The monoisotopic (exact) mass is 438 g/mol. The second kappa shape index (κ2) is 9.76. The highest BCUT2D eigenvalue weighted by atomic mass is 32.2. The predicted molar refractivity (Wildman–Crippen MR) is 121 cm³/mol. The molecule has 0 fully saturated rings. The molecule has 2 N–H and O–H groups in total. The Balaban J connectivity index is 1.99. The van der Waals surface area contributed by atoms with E-state index < -0.39 is 22.0 Å². The third-order valence-corrected chi connectivity index (χ3v) is 6.32. The van der Waals surface area contributed by atoms with Gasteiger partial charge in [0.25, 0.3) is 10.0 Å². The van der Waals surface area contributed by atoms with Crippen molar-refractivity contribution in [3.8, 4) is 0 Å². The SMILES string of the molecule is COC(=O)CN[C@H](c1ccc(C)cc1)c1ccccc1NS(=O)(=O)c1ccc(C)cc1. The lowest BCUT2D eigenvalue weighted by molar-refractivity contribution is -0.139. The molecule has 3 aromatic rings. The van der Waals surface area contributed by atoms with Crippen LogP contribution in [0, 0.1) is 13.8 Å². The van der Waals surface area contributed by atoms with Gasteiger partial charge in [0.2, 0.25) is 0 Å². The zero-order valence-corrected chi connectivity index (χ0v) is 18.6. The largest absolute Gasteiger partial charge is 0.468 e. The number of anilines is 1. The van der Waals surface area contributed by atoms with E-state index in [4.69, 9.17) is 4.74 Å². The molecular formula is C24H26N2O4S. The number of ether oxygens (including phenoxy) is 1. The molecule has 31 heavy (non-hydrogen) atoms. The smallest absolute Gasteiger partial charge is 0.319 e. The summed E-state index contributed by atoms with van der Waals surface area (Å²) >= 11 is 0. The van der Waals surface area contributed by atoms with Gasteiger partial charge in [-0.3, -0.25) is 14.8 Å². The van der Waals surface area contributed by atoms with Crippen molar-refractivity contribution in [3.05, 3.63) is 95.1 Å². The molecule has 3 rings (SSSR count). The Hall–Kier alpha value is -3.16. The number of carbonyl (C=O) groups is 1. The number of hydrogen-bond donors (Lipinski definition) is 2. The number of rotatable bonds is 8. The highest BCUT2D eigenvalue weighted by Gasteiger charge is 2.22. The van der Waals surface area contributed by atoms with Crippen LogP contribution in [0.3, 0.4) is 0 Å². The zero-order valence-electron chi connectivity index (χ0n) is 17.8. The number of para-hydroxylation sites is 1. The van der Waals surface area contributed by atoms with Crippen molar-refractivity contribution >= 4 is 21.7 Å². The molecule has 0 heterocycles. The van der Waals surface area contributed by atoms with Gasteiger partial charge >= 0.3 is 5.97 Å². The van der Waals surface area contributed by atoms with Gasteiger partial charge in [-0.05, 0) is 43.2 Å². The Kier molecular flexibility index (Phi) is 7.09. The quantitative estimate of drug-likeness (QED) is 0.520. The standard InChI is InChI=1S/C24H26N2O4S/c1-17-8-12-19(13-9-17)24(25-16-23(27)30-3)21-6-4-5-7-22(21)26-31(28,29)20-14-10-18(2)11-15-20/h4-15,24-26H,16H2,1-3H3/t24-/m1/s1. The molecule has 0 aliphatic rings. The van der Waals surface area contributed by atoms with Gasteiger partial charge in [0, 0.05) is 0 Å². The fraction of sp³-hybridized carbons (Fsp3) is 0.208. The summed E-state index contributed by atoms with van der Waals surface area (Å²) in [6, 6.07) is 21.2. The Labute approximate surface area is 183 Å². The molecule has 0 saturated heterocycles. The number of esters is 1. The minimum absolute atomic E-state index is 0.0198. The van der Waals surface area contributed by atoms with E-state index in [1.807, 2.05) is 50.2 Å². The van der Waals surface area contributed by atoms with E-state index >= 15 is 0 Å². The fourth-order valence-corrected chi connectivity index (χ4v) is 4.27. The Morgan fingerprint density at radius 2 is 1.48 bits per heavy atom. The molecule has 0 spiro atoms. The molecule has 0 unspecified atom stereocenters. The lowest BCUT2D eigenvalue weighted by Crippen LogP contribution is -2.30. The normalized spacial score (nSPS) is 12.2. The molecule has 0 bridgehead atoms. The minimum Gasteiger partial charge on any atom is -0.468 e. The maximum atomic E-state index is 13.0. The third-order valence-electron chi connectivity index (χ3n) is 4.94. The van der Waals surface area contributed by atoms with Gasteiger partial charge in [0.15, 0.2) is 0 Å². The highest BCUT2D eigenvalue weighted by Crippen LogP contribution is 2.30. The van der Waals surface area contributed by atoms with Gasteiger partial charge in [-0.15, -0.1) is 0 Å².